The number of carbonyl (C=O) groups excluding carboxylic acids is 2. The average molecular weight is 229 g/mol. The minimum absolute atomic E-state index is 0. The molecule has 6 heteroatoms. The van der Waals surface area contributed by atoms with E-state index in [4.69, 9.17) is 0 Å². The smallest absolute Gasteiger partial charge is 0.870 e. The summed E-state index contributed by atoms with van der Waals surface area (Å²) in [6.07, 6.45) is 1.75. The third-order valence-electron chi connectivity index (χ3n) is 2.19. The van der Waals surface area contributed by atoms with E-state index >= 15 is 0 Å². The van der Waals surface area contributed by atoms with E-state index in [1.807, 2.05) is 0 Å². The Morgan fingerprint density at radius 2 is 1.61 bits per heavy atom. The van der Waals surface area contributed by atoms with Gasteiger partial charge in [0.2, 0.25) is 0 Å². The Bertz CT molecular complexity index is 555. The van der Waals surface area contributed by atoms with Crippen molar-refractivity contribution in [3.05, 3.63) is 47.5 Å². The van der Waals surface area contributed by atoms with Gasteiger partial charge in [-0.2, -0.15) is 17.7 Å². The van der Waals surface area contributed by atoms with Crippen LogP contribution < -0.4 is 42.8 Å². The van der Waals surface area contributed by atoms with Crippen LogP contribution in [0.5, 0.6) is 0 Å². The SMILES string of the molecule is O=[C-]c1ccc2ccc(C(=O)[O-])cc2c1.[Li+].[Li+].[OH-]. The molecule has 0 atom stereocenters. The molecule has 0 heterocycles. The fourth-order valence-electron chi connectivity index (χ4n) is 1.44. The Hall–Kier alpha value is -1.01. The maximum Gasteiger partial charge on any atom is 1.00 e. The molecule has 0 bridgehead atoms. The minimum Gasteiger partial charge on any atom is -0.870 e. The van der Waals surface area contributed by atoms with Crippen LogP contribution in [0.1, 0.15) is 15.9 Å². The van der Waals surface area contributed by atoms with Gasteiger partial charge in [-0.05, 0) is 10.9 Å². The van der Waals surface area contributed by atoms with E-state index in [1.165, 1.54) is 12.1 Å². The van der Waals surface area contributed by atoms with Crippen LogP contribution in [0.25, 0.3) is 10.8 Å². The van der Waals surface area contributed by atoms with Crippen molar-refractivity contribution in [2.24, 2.45) is 0 Å². The van der Waals surface area contributed by atoms with Crippen molar-refractivity contribution in [3.8, 4) is 0 Å². The van der Waals surface area contributed by atoms with Gasteiger partial charge in [0.05, 0.1) is 12.3 Å². The van der Waals surface area contributed by atoms with Crippen LogP contribution in [0.4, 0.5) is 0 Å². The van der Waals surface area contributed by atoms with Crippen molar-refractivity contribution < 1.29 is 57.9 Å². The Labute approximate surface area is 128 Å². The van der Waals surface area contributed by atoms with E-state index in [0.717, 1.165) is 5.39 Å². The summed E-state index contributed by atoms with van der Waals surface area (Å²) in [5, 5.41) is 12.2. The maximum atomic E-state index is 10.6. The van der Waals surface area contributed by atoms with Gasteiger partial charge in [-0.3, -0.25) is 0 Å². The van der Waals surface area contributed by atoms with E-state index in [-0.39, 0.29) is 48.8 Å². The summed E-state index contributed by atoms with van der Waals surface area (Å²) >= 11 is 0. The van der Waals surface area contributed by atoms with Crippen LogP contribution in [0.2, 0.25) is 0 Å². The van der Waals surface area contributed by atoms with Crippen LogP contribution in [-0.4, -0.2) is 17.7 Å². The molecule has 0 unspecified atom stereocenters. The second-order valence-electron chi connectivity index (χ2n) is 3.17. The molecule has 0 aliphatic carbocycles. The summed E-state index contributed by atoms with van der Waals surface area (Å²) in [5.41, 5.74) is 0.503. The minimum atomic E-state index is -1.22. The quantitative estimate of drug-likeness (QED) is 0.379. The molecule has 2 aromatic carbocycles. The zero-order valence-electron chi connectivity index (χ0n) is 10.1. The fourth-order valence-corrected chi connectivity index (χ4v) is 1.44. The topological polar surface area (TPSA) is 87.2 Å². The van der Waals surface area contributed by atoms with E-state index in [9.17, 15) is 14.7 Å². The number of benzene rings is 2. The normalized spacial score (nSPS) is 8.44. The molecule has 0 saturated carbocycles. The summed E-state index contributed by atoms with van der Waals surface area (Å²) in [7, 11) is 0. The summed E-state index contributed by atoms with van der Waals surface area (Å²) < 4.78 is 0. The molecule has 82 valence electrons. The molecule has 0 radical (unpaired) electrons. The number of aromatic carboxylic acids is 1. The van der Waals surface area contributed by atoms with Gasteiger partial charge in [0.25, 0.3) is 0 Å². The summed E-state index contributed by atoms with van der Waals surface area (Å²) in [4.78, 5) is 21.0. The second-order valence-corrected chi connectivity index (χ2v) is 3.17. The Morgan fingerprint density at radius 1 is 1.00 bits per heavy atom. The number of rotatable bonds is 2. The van der Waals surface area contributed by atoms with Gasteiger partial charge >= 0.3 is 37.7 Å². The molecule has 0 spiro atoms. The van der Waals surface area contributed by atoms with Gasteiger partial charge in [-0.25, -0.2) is 0 Å². The zero-order valence-corrected chi connectivity index (χ0v) is 10.1. The first-order chi connectivity index (χ1) is 7.20. The van der Waals surface area contributed by atoms with Crippen LogP contribution in [0, 0.1) is 0 Å². The first kappa shape index (κ1) is 19.3. The zero-order chi connectivity index (χ0) is 10.8. The molecule has 4 nitrogen and oxygen atoms in total. The molecule has 0 aliphatic heterocycles. The Kier molecular flexibility index (Phi) is 8.77. The monoisotopic (exact) mass is 229 g/mol. The van der Waals surface area contributed by atoms with E-state index in [0.29, 0.717) is 10.9 Å². The first-order valence-corrected chi connectivity index (χ1v) is 4.34. The van der Waals surface area contributed by atoms with Crippen LogP contribution in [-0.2, 0) is 4.79 Å². The van der Waals surface area contributed by atoms with Crippen molar-refractivity contribution in [2.45, 2.75) is 0 Å². The van der Waals surface area contributed by atoms with Crippen molar-refractivity contribution in [1.29, 1.82) is 0 Å². The second kappa shape index (κ2) is 8.16. The number of hydrogen-bond acceptors (Lipinski definition) is 4. The van der Waals surface area contributed by atoms with Crippen molar-refractivity contribution >= 4 is 23.0 Å². The number of hydrogen-bond donors (Lipinski definition) is 0. The van der Waals surface area contributed by atoms with E-state index in [2.05, 4.69) is 0 Å². The van der Waals surface area contributed by atoms with Crippen LogP contribution in [0.3, 0.4) is 0 Å². The number of carbonyl (C=O) groups is 1. The van der Waals surface area contributed by atoms with Crippen molar-refractivity contribution in [1.82, 2.24) is 0 Å². The van der Waals surface area contributed by atoms with Crippen molar-refractivity contribution in [3.63, 3.8) is 0 Å². The standard InChI is InChI=1S/C12H7O3.2Li.H2O/c13-7-8-1-2-9-3-4-10(12(14)15)6-11(9)5-8;;;/h1-6H,(H,14,15);;;1H2/q-1;2*+1;/p-2. The molecule has 0 saturated heterocycles. The predicted octanol–water partition coefficient (Wildman–Crippen LogP) is -5.51. The van der Waals surface area contributed by atoms with E-state index in [1.54, 1.807) is 30.6 Å². The third-order valence-corrected chi connectivity index (χ3v) is 2.19. The molecule has 18 heavy (non-hydrogen) atoms. The molecule has 2 aromatic rings. The molecule has 0 aromatic heterocycles. The molecule has 0 aliphatic rings. The average Bonchev–Trinajstić information content (AvgIpc) is 2.27. The van der Waals surface area contributed by atoms with Gasteiger partial charge in [0, 0.05) is 0 Å². The van der Waals surface area contributed by atoms with Gasteiger partial charge in [-0.15, -0.1) is 6.07 Å². The van der Waals surface area contributed by atoms with Gasteiger partial charge in [-0.1, -0.05) is 23.6 Å². The number of fused-ring (bicyclic) bond motifs is 1. The first-order valence-electron chi connectivity index (χ1n) is 4.34. The third kappa shape index (κ3) is 4.03. The summed E-state index contributed by atoms with van der Waals surface area (Å²) in [5.74, 6) is -1.22. The summed E-state index contributed by atoms with van der Waals surface area (Å²) in [6, 6.07) is 9.60. The molecule has 1 N–H and O–H groups in total. The van der Waals surface area contributed by atoms with Gasteiger partial charge in [0.1, 0.15) is 0 Å². The fraction of sp³-hybridized carbons (Fsp3) is 0. The maximum absolute atomic E-state index is 10.6. The summed E-state index contributed by atoms with van der Waals surface area (Å²) in [6.45, 7) is 0. The number of carboxylic acid groups (broad SMARTS) is 1. The van der Waals surface area contributed by atoms with Gasteiger partial charge in [0.15, 0.2) is 0 Å². The van der Waals surface area contributed by atoms with Gasteiger partial charge < -0.3 is 20.2 Å². The van der Waals surface area contributed by atoms with Crippen LogP contribution >= 0.6 is 0 Å². The Balaban J connectivity index is 0. The molecule has 0 amide bonds. The predicted molar refractivity (Wildman–Crippen MR) is 55.0 cm³/mol. The molecule has 0 fully saturated rings. The molecular weight excluding hydrogens is 222 g/mol. The van der Waals surface area contributed by atoms with E-state index < -0.39 is 5.97 Å². The van der Waals surface area contributed by atoms with Crippen LogP contribution in [0.15, 0.2) is 36.4 Å². The molecular formula is C12H7Li2O4-. The number of carboxylic acids is 1. The Morgan fingerprint density at radius 3 is 2.17 bits per heavy atom. The molecule has 2 rings (SSSR count). The van der Waals surface area contributed by atoms with Crippen molar-refractivity contribution in [2.75, 3.05) is 0 Å². The largest absolute Gasteiger partial charge is 1.00 e.